The van der Waals surface area contributed by atoms with E-state index in [4.69, 9.17) is 4.74 Å². The predicted octanol–water partition coefficient (Wildman–Crippen LogP) is 1.39. The first-order valence-corrected chi connectivity index (χ1v) is 4.34. The number of hydrazone groups is 1. The molecule has 0 fully saturated rings. The summed E-state index contributed by atoms with van der Waals surface area (Å²) in [5, 5.41) is 4.19. The lowest BCUT2D eigenvalue weighted by atomic mass is 10.1. The second-order valence-corrected chi connectivity index (χ2v) is 2.95. The van der Waals surface area contributed by atoms with E-state index in [1.165, 1.54) is 5.56 Å². The Bertz CT molecular complexity index is 316. The average molecular weight is 176 g/mol. The van der Waals surface area contributed by atoms with Crippen molar-refractivity contribution in [3.63, 3.8) is 0 Å². The van der Waals surface area contributed by atoms with E-state index in [0.29, 0.717) is 0 Å². The molecular weight excluding hydrogens is 164 g/mol. The van der Waals surface area contributed by atoms with E-state index in [-0.39, 0.29) is 0 Å². The Kier molecular flexibility index (Phi) is 2.17. The minimum Gasteiger partial charge on any atom is -0.497 e. The summed E-state index contributed by atoms with van der Waals surface area (Å²) >= 11 is 0. The van der Waals surface area contributed by atoms with Gasteiger partial charge in [0.2, 0.25) is 0 Å². The number of nitrogens with zero attached hydrogens (tertiary/aromatic N) is 1. The summed E-state index contributed by atoms with van der Waals surface area (Å²) in [5.41, 5.74) is 5.26. The minimum atomic E-state index is 0.885. The molecule has 1 N–H and O–H groups in total. The van der Waals surface area contributed by atoms with Gasteiger partial charge in [0.05, 0.1) is 12.8 Å². The van der Waals surface area contributed by atoms with Crippen LogP contribution in [-0.4, -0.2) is 19.4 Å². The summed E-state index contributed by atoms with van der Waals surface area (Å²) in [6, 6.07) is 7.97. The van der Waals surface area contributed by atoms with Crippen LogP contribution in [0.15, 0.2) is 29.4 Å². The van der Waals surface area contributed by atoms with Gasteiger partial charge in [0.15, 0.2) is 0 Å². The first-order chi connectivity index (χ1) is 6.40. The Morgan fingerprint density at radius 1 is 1.31 bits per heavy atom. The Hall–Kier alpha value is -1.51. The van der Waals surface area contributed by atoms with Crippen molar-refractivity contribution in [1.82, 2.24) is 5.43 Å². The number of nitrogens with one attached hydrogen (secondary N) is 1. The van der Waals surface area contributed by atoms with Crippen molar-refractivity contribution < 1.29 is 4.74 Å². The van der Waals surface area contributed by atoms with Crippen LogP contribution in [0.4, 0.5) is 0 Å². The SMILES string of the molecule is COc1ccc(C2=NNCC2)cc1. The van der Waals surface area contributed by atoms with Crippen LogP contribution in [-0.2, 0) is 0 Å². The molecule has 1 heterocycles. The molecule has 0 saturated heterocycles. The lowest BCUT2D eigenvalue weighted by molar-refractivity contribution is 0.415. The van der Waals surface area contributed by atoms with Crippen molar-refractivity contribution in [3.05, 3.63) is 29.8 Å². The molecule has 1 aliphatic rings. The van der Waals surface area contributed by atoms with E-state index in [1.54, 1.807) is 7.11 Å². The van der Waals surface area contributed by atoms with Crippen LogP contribution in [0.3, 0.4) is 0 Å². The number of methoxy groups -OCH3 is 1. The zero-order chi connectivity index (χ0) is 9.10. The van der Waals surface area contributed by atoms with Gasteiger partial charge in [-0.05, 0) is 29.8 Å². The molecule has 2 rings (SSSR count). The second kappa shape index (κ2) is 3.47. The van der Waals surface area contributed by atoms with E-state index in [2.05, 4.69) is 10.5 Å². The largest absolute Gasteiger partial charge is 0.497 e. The molecule has 0 atom stereocenters. The van der Waals surface area contributed by atoms with E-state index in [1.807, 2.05) is 24.3 Å². The Balaban J connectivity index is 2.22. The van der Waals surface area contributed by atoms with E-state index < -0.39 is 0 Å². The average Bonchev–Trinajstić information content (AvgIpc) is 2.71. The summed E-state index contributed by atoms with van der Waals surface area (Å²) in [4.78, 5) is 0. The first-order valence-electron chi connectivity index (χ1n) is 4.34. The molecule has 0 bridgehead atoms. The number of benzene rings is 1. The van der Waals surface area contributed by atoms with Crippen molar-refractivity contribution in [1.29, 1.82) is 0 Å². The third-order valence-corrected chi connectivity index (χ3v) is 2.11. The fourth-order valence-corrected chi connectivity index (χ4v) is 1.37. The van der Waals surface area contributed by atoms with Gasteiger partial charge in [0, 0.05) is 13.0 Å². The van der Waals surface area contributed by atoms with E-state index in [9.17, 15) is 0 Å². The smallest absolute Gasteiger partial charge is 0.118 e. The molecule has 68 valence electrons. The minimum absolute atomic E-state index is 0.885. The summed E-state index contributed by atoms with van der Waals surface area (Å²) in [7, 11) is 1.67. The van der Waals surface area contributed by atoms with Gasteiger partial charge >= 0.3 is 0 Å². The van der Waals surface area contributed by atoms with Crippen molar-refractivity contribution >= 4 is 5.71 Å². The highest BCUT2D eigenvalue weighted by atomic mass is 16.5. The van der Waals surface area contributed by atoms with Gasteiger partial charge in [-0.2, -0.15) is 5.10 Å². The molecule has 0 spiro atoms. The zero-order valence-corrected chi connectivity index (χ0v) is 7.58. The Morgan fingerprint density at radius 2 is 2.08 bits per heavy atom. The van der Waals surface area contributed by atoms with E-state index >= 15 is 0 Å². The standard InChI is InChI=1S/C10H12N2O/c1-13-9-4-2-8(3-5-9)10-6-7-11-12-10/h2-5,11H,6-7H2,1H3. The summed E-state index contributed by atoms with van der Waals surface area (Å²) in [5.74, 6) is 0.885. The van der Waals surface area contributed by atoms with Gasteiger partial charge in [0.1, 0.15) is 5.75 Å². The molecule has 0 aromatic heterocycles. The predicted molar refractivity (Wildman–Crippen MR) is 52.2 cm³/mol. The topological polar surface area (TPSA) is 33.6 Å². The number of hydrogen-bond donors (Lipinski definition) is 1. The Morgan fingerprint density at radius 3 is 2.62 bits per heavy atom. The van der Waals surface area contributed by atoms with Crippen LogP contribution in [0.5, 0.6) is 5.75 Å². The van der Waals surface area contributed by atoms with Gasteiger partial charge in [-0.1, -0.05) is 0 Å². The highest BCUT2D eigenvalue weighted by Crippen LogP contribution is 2.14. The molecule has 1 aromatic carbocycles. The fourth-order valence-electron chi connectivity index (χ4n) is 1.37. The van der Waals surface area contributed by atoms with Crippen LogP contribution < -0.4 is 10.2 Å². The molecule has 1 aromatic rings. The van der Waals surface area contributed by atoms with Gasteiger partial charge in [-0.15, -0.1) is 0 Å². The third-order valence-electron chi connectivity index (χ3n) is 2.11. The summed E-state index contributed by atoms with van der Waals surface area (Å²) in [6.45, 7) is 0.946. The number of hydrogen-bond acceptors (Lipinski definition) is 3. The van der Waals surface area contributed by atoms with Crippen molar-refractivity contribution in [2.45, 2.75) is 6.42 Å². The lowest BCUT2D eigenvalue weighted by Gasteiger charge is -2.01. The Labute approximate surface area is 77.4 Å². The molecule has 0 radical (unpaired) electrons. The quantitative estimate of drug-likeness (QED) is 0.738. The van der Waals surface area contributed by atoms with Crippen LogP contribution in [0.25, 0.3) is 0 Å². The highest BCUT2D eigenvalue weighted by Gasteiger charge is 2.07. The van der Waals surface area contributed by atoms with Gasteiger partial charge < -0.3 is 10.2 Å². The molecule has 3 heteroatoms. The lowest BCUT2D eigenvalue weighted by Crippen LogP contribution is -1.97. The van der Waals surface area contributed by atoms with Crippen molar-refractivity contribution in [3.8, 4) is 5.75 Å². The summed E-state index contributed by atoms with van der Waals surface area (Å²) < 4.78 is 5.08. The van der Waals surface area contributed by atoms with Gasteiger partial charge in [-0.3, -0.25) is 0 Å². The van der Waals surface area contributed by atoms with Crippen LogP contribution in [0.1, 0.15) is 12.0 Å². The van der Waals surface area contributed by atoms with Crippen LogP contribution in [0, 0.1) is 0 Å². The maximum Gasteiger partial charge on any atom is 0.118 e. The normalized spacial score (nSPS) is 15.0. The molecule has 0 saturated carbocycles. The molecule has 0 aliphatic carbocycles. The van der Waals surface area contributed by atoms with Crippen LogP contribution in [0.2, 0.25) is 0 Å². The van der Waals surface area contributed by atoms with E-state index in [0.717, 1.165) is 24.4 Å². The second-order valence-electron chi connectivity index (χ2n) is 2.95. The van der Waals surface area contributed by atoms with Gasteiger partial charge in [0.25, 0.3) is 0 Å². The third kappa shape index (κ3) is 1.64. The maximum atomic E-state index is 5.08. The molecule has 0 amide bonds. The molecule has 3 nitrogen and oxygen atoms in total. The fraction of sp³-hybridized carbons (Fsp3) is 0.300. The summed E-state index contributed by atoms with van der Waals surface area (Å²) in [6.07, 6.45) is 1.01. The number of rotatable bonds is 2. The van der Waals surface area contributed by atoms with Crippen molar-refractivity contribution in [2.75, 3.05) is 13.7 Å². The molecule has 0 unspecified atom stereocenters. The van der Waals surface area contributed by atoms with Crippen molar-refractivity contribution in [2.24, 2.45) is 5.10 Å². The molecule has 13 heavy (non-hydrogen) atoms. The number of ether oxygens (including phenoxy) is 1. The molecular formula is C10H12N2O. The monoisotopic (exact) mass is 176 g/mol. The van der Waals surface area contributed by atoms with Crippen LogP contribution >= 0.6 is 0 Å². The maximum absolute atomic E-state index is 5.08. The zero-order valence-electron chi connectivity index (χ0n) is 7.58. The first kappa shape index (κ1) is 8.10. The highest BCUT2D eigenvalue weighted by molar-refractivity contribution is 6.01. The van der Waals surface area contributed by atoms with Gasteiger partial charge in [-0.25, -0.2) is 0 Å². The molecule has 1 aliphatic heterocycles.